The van der Waals surface area contributed by atoms with Crippen LogP contribution in [0.2, 0.25) is 5.02 Å². The first-order valence-corrected chi connectivity index (χ1v) is 8.59. The Hall–Kier alpha value is -2.50. The monoisotopic (exact) mass is 352 g/mol. The highest BCUT2D eigenvalue weighted by molar-refractivity contribution is 6.31. The summed E-state index contributed by atoms with van der Waals surface area (Å²) in [7, 11) is 0. The number of rotatable bonds is 8. The molecule has 1 aromatic rings. The van der Waals surface area contributed by atoms with E-state index in [2.05, 4.69) is 31.4 Å². The highest BCUT2D eigenvalue weighted by atomic mass is 35.5. The van der Waals surface area contributed by atoms with Crippen LogP contribution in [0.15, 0.2) is 78.8 Å². The number of allylic oxidation sites excluding steroid dienone is 6. The van der Waals surface area contributed by atoms with Gasteiger partial charge in [-0.2, -0.15) is 5.26 Å². The molecule has 0 unspecified atom stereocenters. The first-order chi connectivity index (χ1) is 11.9. The fourth-order valence-electron chi connectivity index (χ4n) is 2.42. The van der Waals surface area contributed by atoms with Gasteiger partial charge < -0.3 is 4.90 Å². The molecule has 0 fully saturated rings. The molecule has 0 N–H and O–H groups in total. The van der Waals surface area contributed by atoms with Gasteiger partial charge in [0.15, 0.2) is 0 Å². The van der Waals surface area contributed by atoms with E-state index in [0.717, 1.165) is 35.4 Å². The van der Waals surface area contributed by atoms with E-state index in [0.29, 0.717) is 10.6 Å². The number of benzene rings is 1. The lowest BCUT2D eigenvalue weighted by atomic mass is 10.0. The van der Waals surface area contributed by atoms with Gasteiger partial charge in [-0.05, 0) is 63.0 Å². The van der Waals surface area contributed by atoms with Crippen molar-refractivity contribution in [3.05, 3.63) is 95.0 Å². The maximum atomic E-state index is 8.93. The van der Waals surface area contributed by atoms with Crippen LogP contribution in [-0.2, 0) is 6.42 Å². The van der Waals surface area contributed by atoms with Crippen LogP contribution in [0.25, 0.3) is 0 Å². The van der Waals surface area contributed by atoms with Crippen molar-refractivity contribution in [3.63, 3.8) is 0 Å². The molecule has 0 atom stereocenters. The van der Waals surface area contributed by atoms with Crippen molar-refractivity contribution < 1.29 is 0 Å². The Balaban J connectivity index is 2.95. The van der Waals surface area contributed by atoms with E-state index in [4.69, 9.17) is 16.9 Å². The van der Waals surface area contributed by atoms with Gasteiger partial charge in [0.25, 0.3) is 0 Å². The van der Waals surface area contributed by atoms with Gasteiger partial charge in [-0.15, -0.1) is 0 Å². The van der Waals surface area contributed by atoms with Gasteiger partial charge in [-0.25, -0.2) is 0 Å². The minimum atomic E-state index is 0.579. The van der Waals surface area contributed by atoms with Crippen molar-refractivity contribution >= 4 is 11.6 Å². The number of aryl methyl sites for hydroxylation is 1. The summed E-state index contributed by atoms with van der Waals surface area (Å²) in [5.74, 6) is 0. The summed E-state index contributed by atoms with van der Waals surface area (Å²) in [6.07, 6.45) is 11.7. The summed E-state index contributed by atoms with van der Waals surface area (Å²) in [5, 5.41) is 9.56. The van der Waals surface area contributed by atoms with E-state index in [1.165, 1.54) is 0 Å². The van der Waals surface area contributed by atoms with E-state index in [1.54, 1.807) is 12.1 Å². The van der Waals surface area contributed by atoms with Gasteiger partial charge in [0, 0.05) is 22.6 Å². The molecule has 0 saturated heterocycles. The molecule has 2 nitrogen and oxygen atoms in total. The van der Waals surface area contributed by atoms with Crippen molar-refractivity contribution in [1.82, 2.24) is 4.90 Å². The maximum Gasteiger partial charge on any atom is 0.0992 e. The lowest BCUT2D eigenvalue weighted by Gasteiger charge is -2.21. The molecular weight excluding hydrogens is 328 g/mol. The Labute approximate surface area is 156 Å². The molecule has 0 saturated carbocycles. The Bertz CT molecular complexity index is 761. The number of hydrogen-bond acceptors (Lipinski definition) is 2. The van der Waals surface area contributed by atoms with Crippen LogP contribution in [0.5, 0.6) is 0 Å². The molecule has 0 heterocycles. The zero-order valence-corrected chi connectivity index (χ0v) is 16.0. The van der Waals surface area contributed by atoms with Crippen LogP contribution in [-0.4, -0.2) is 4.90 Å². The highest BCUT2D eigenvalue weighted by Gasteiger charge is 2.06. The fraction of sp³-hybridized carbons (Fsp3) is 0.227. The Morgan fingerprint density at radius 1 is 1.28 bits per heavy atom. The normalized spacial score (nSPS) is 11.7. The largest absolute Gasteiger partial charge is 0.323 e. The van der Waals surface area contributed by atoms with E-state index < -0.39 is 0 Å². The number of hydrogen-bond donors (Lipinski definition) is 0. The summed E-state index contributed by atoms with van der Waals surface area (Å²) < 4.78 is 0. The molecule has 0 aliphatic rings. The zero-order valence-electron chi connectivity index (χ0n) is 15.2. The van der Waals surface area contributed by atoms with Crippen molar-refractivity contribution in [2.24, 2.45) is 0 Å². The standard InChI is InChI=1S/C22H25ClN2/c1-6-8-19(14-18(5)25(13-7-2)17(3)4)9-11-21-12-10-20(16-24)15-22(21)23/h6-8,10,12-15H,3,5,9,11H2,1-2,4H3/b8-6-,13-7-,19-14+. The van der Waals surface area contributed by atoms with Gasteiger partial charge in [-0.1, -0.05) is 49.1 Å². The Morgan fingerprint density at radius 3 is 2.52 bits per heavy atom. The third-order valence-electron chi connectivity index (χ3n) is 3.62. The summed E-state index contributed by atoms with van der Waals surface area (Å²) in [4.78, 5) is 1.96. The molecule has 1 rings (SSSR count). The minimum Gasteiger partial charge on any atom is -0.323 e. The van der Waals surface area contributed by atoms with Crippen LogP contribution in [0.3, 0.4) is 0 Å². The lowest BCUT2D eigenvalue weighted by Crippen LogP contribution is -2.11. The fourth-order valence-corrected chi connectivity index (χ4v) is 2.69. The molecular formula is C22H25ClN2. The van der Waals surface area contributed by atoms with Crippen molar-refractivity contribution in [3.8, 4) is 6.07 Å². The summed E-state index contributed by atoms with van der Waals surface area (Å²) >= 11 is 6.27. The first kappa shape index (κ1) is 20.5. The molecule has 0 bridgehead atoms. The third-order valence-corrected chi connectivity index (χ3v) is 3.97. The summed E-state index contributed by atoms with van der Waals surface area (Å²) in [5.41, 5.74) is 4.55. The maximum absolute atomic E-state index is 8.93. The molecule has 1 aromatic carbocycles. The van der Waals surface area contributed by atoms with E-state index in [1.807, 2.05) is 50.1 Å². The first-order valence-electron chi connectivity index (χ1n) is 8.21. The van der Waals surface area contributed by atoms with Crippen molar-refractivity contribution in [1.29, 1.82) is 5.26 Å². The molecule has 0 radical (unpaired) electrons. The average Bonchev–Trinajstić information content (AvgIpc) is 2.57. The molecule has 0 aromatic heterocycles. The zero-order chi connectivity index (χ0) is 18.8. The van der Waals surface area contributed by atoms with Gasteiger partial charge in [-0.3, -0.25) is 0 Å². The van der Waals surface area contributed by atoms with Crippen LogP contribution in [0.4, 0.5) is 0 Å². The topological polar surface area (TPSA) is 27.0 Å². The molecule has 0 spiro atoms. The Morgan fingerprint density at radius 2 is 2.00 bits per heavy atom. The number of nitriles is 1. The van der Waals surface area contributed by atoms with E-state index >= 15 is 0 Å². The smallest absolute Gasteiger partial charge is 0.0992 e. The van der Waals surface area contributed by atoms with Crippen molar-refractivity contribution in [2.75, 3.05) is 0 Å². The lowest BCUT2D eigenvalue weighted by molar-refractivity contribution is 0.597. The molecule has 25 heavy (non-hydrogen) atoms. The molecule has 0 aliphatic carbocycles. The minimum absolute atomic E-state index is 0.579. The third kappa shape index (κ3) is 6.49. The van der Waals surface area contributed by atoms with E-state index in [9.17, 15) is 0 Å². The second-order valence-corrected chi connectivity index (χ2v) is 6.12. The highest BCUT2D eigenvalue weighted by Crippen LogP contribution is 2.22. The Kier molecular flexibility index (Phi) is 8.53. The number of nitrogens with zero attached hydrogens (tertiary/aromatic N) is 2. The predicted molar refractivity (Wildman–Crippen MR) is 108 cm³/mol. The SMILES string of the molecule is C=C(C)N(/C=C\C)C(=C)/C=C(\C=C/C)CCc1ccc(C#N)cc1Cl. The van der Waals surface area contributed by atoms with Gasteiger partial charge in [0.05, 0.1) is 11.6 Å². The predicted octanol–water partition coefficient (Wildman–Crippen LogP) is 6.53. The van der Waals surface area contributed by atoms with Crippen LogP contribution < -0.4 is 0 Å². The summed E-state index contributed by atoms with van der Waals surface area (Å²) in [6, 6.07) is 7.53. The summed E-state index contributed by atoms with van der Waals surface area (Å²) in [6.45, 7) is 14.1. The van der Waals surface area contributed by atoms with Crippen LogP contribution >= 0.6 is 11.6 Å². The second kappa shape index (κ2) is 10.4. The molecule has 0 aliphatic heterocycles. The van der Waals surface area contributed by atoms with Crippen LogP contribution in [0, 0.1) is 11.3 Å². The molecule has 3 heteroatoms. The van der Waals surface area contributed by atoms with E-state index in [-0.39, 0.29) is 0 Å². The van der Waals surface area contributed by atoms with Crippen LogP contribution in [0.1, 0.15) is 38.3 Å². The molecule has 0 amide bonds. The number of halogens is 1. The quantitative estimate of drug-likeness (QED) is 0.497. The second-order valence-electron chi connectivity index (χ2n) is 5.72. The van der Waals surface area contributed by atoms with Crippen molar-refractivity contribution in [2.45, 2.75) is 33.6 Å². The molecule has 130 valence electrons. The van der Waals surface area contributed by atoms with Gasteiger partial charge >= 0.3 is 0 Å². The van der Waals surface area contributed by atoms with Gasteiger partial charge in [0.2, 0.25) is 0 Å². The average molecular weight is 353 g/mol. The van der Waals surface area contributed by atoms with Gasteiger partial charge in [0.1, 0.15) is 0 Å².